The molecular formula is C13H17Cl2N3O2. The summed E-state index contributed by atoms with van der Waals surface area (Å²) in [5, 5.41) is 6.44. The summed E-state index contributed by atoms with van der Waals surface area (Å²) in [5.41, 5.74) is 1.25. The first-order valence-corrected chi connectivity index (χ1v) is 7.26. The minimum Gasteiger partial charge on any atom is -0.368 e. The topological polar surface area (TPSA) is 63.2 Å². The number of pyridine rings is 1. The van der Waals surface area contributed by atoms with Crippen LogP contribution in [0.1, 0.15) is 18.4 Å². The molecule has 0 spiro atoms. The monoisotopic (exact) mass is 317 g/mol. The first-order chi connectivity index (χ1) is 9.56. The standard InChI is InChI=1S/C13H17Cl2N3O2/c1-8-6-10(14)17-13(15)12(8)18-11(19)7-20-9-2-4-16-5-3-9/h6,9,16H,2-5,7H2,1H3,(H,18,19). The number of rotatable bonds is 4. The fourth-order valence-electron chi connectivity index (χ4n) is 2.08. The van der Waals surface area contributed by atoms with Crippen LogP contribution < -0.4 is 10.6 Å². The van der Waals surface area contributed by atoms with Gasteiger partial charge in [-0.3, -0.25) is 4.79 Å². The first-order valence-electron chi connectivity index (χ1n) is 6.51. The van der Waals surface area contributed by atoms with Crippen LogP contribution in [-0.2, 0) is 9.53 Å². The van der Waals surface area contributed by atoms with Gasteiger partial charge in [-0.15, -0.1) is 0 Å². The van der Waals surface area contributed by atoms with Crippen molar-refractivity contribution in [1.82, 2.24) is 10.3 Å². The first kappa shape index (κ1) is 15.5. The van der Waals surface area contributed by atoms with Gasteiger partial charge in [-0.2, -0.15) is 0 Å². The Morgan fingerprint density at radius 3 is 2.85 bits per heavy atom. The third-order valence-electron chi connectivity index (χ3n) is 3.14. The lowest BCUT2D eigenvalue weighted by Gasteiger charge is -2.22. The van der Waals surface area contributed by atoms with Crippen LogP contribution in [-0.4, -0.2) is 36.7 Å². The highest BCUT2D eigenvalue weighted by Crippen LogP contribution is 2.26. The van der Waals surface area contributed by atoms with Gasteiger partial charge in [0.15, 0.2) is 5.15 Å². The third kappa shape index (κ3) is 4.31. The summed E-state index contributed by atoms with van der Waals surface area (Å²) >= 11 is 11.8. The molecule has 0 bridgehead atoms. The number of nitrogens with one attached hydrogen (secondary N) is 2. The molecular weight excluding hydrogens is 301 g/mol. The molecule has 0 saturated carbocycles. The van der Waals surface area contributed by atoms with E-state index in [1.807, 2.05) is 6.92 Å². The highest BCUT2D eigenvalue weighted by atomic mass is 35.5. The summed E-state index contributed by atoms with van der Waals surface area (Å²) in [5.74, 6) is -0.238. The van der Waals surface area contributed by atoms with Gasteiger partial charge in [-0.05, 0) is 44.5 Å². The second kappa shape index (κ2) is 7.22. The predicted octanol–water partition coefficient (Wildman–Crippen LogP) is 2.40. The molecule has 0 radical (unpaired) electrons. The molecule has 2 rings (SSSR count). The molecule has 7 heteroatoms. The summed E-state index contributed by atoms with van der Waals surface area (Å²) in [6.45, 7) is 3.68. The van der Waals surface area contributed by atoms with Crippen molar-refractivity contribution < 1.29 is 9.53 Å². The largest absolute Gasteiger partial charge is 0.368 e. The van der Waals surface area contributed by atoms with Crippen LogP contribution in [0.15, 0.2) is 6.07 Å². The Labute approximate surface area is 128 Å². The number of piperidine rings is 1. The third-order valence-corrected chi connectivity index (χ3v) is 3.61. The average Bonchev–Trinajstić information content (AvgIpc) is 2.42. The maximum absolute atomic E-state index is 11.9. The fourth-order valence-corrected chi connectivity index (χ4v) is 2.66. The van der Waals surface area contributed by atoms with Crippen molar-refractivity contribution in [2.75, 3.05) is 25.0 Å². The molecule has 0 aromatic carbocycles. The number of aromatic nitrogens is 1. The molecule has 1 aromatic rings. The van der Waals surface area contributed by atoms with Gasteiger partial charge < -0.3 is 15.4 Å². The molecule has 5 nitrogen and oxygen atoms in total. The molecule has 1 aliphatic rings. The van der Waals surface area contributed by atoms with Gasteiger partial charge in [0.05, 0.1) is 11.8 Å². The molecule has 20 heavy (non-hydrogen) atoms. The van der Waals surface area contributed by atoms with Crippen LogP contribution in [0, 0.1) is 6.92 Å². The molecule has 1 fully saturated rings. The zero-order valence-electron chi connectivity index (χ0n) is 11.2. The quantitative estimate of drug-likeness (QED) is 0.837. The smallest absolute Gasteiger partial charge is 0.250 e. The van der Waals surface area contributed by atoms with Gasteiger partial charge in [-0.1, -0.05) is 23.2 Å². The van der Waals surface area contributed by atoms with E-state index in [0.717, 1.165) is 31.5 Å². The van der Waals surface area contributed by atoms with Crippen LogP contribution >= 0.6 is 23.2 Å². The number of halogens is 2. The number of nitrogens with zero attached hydrogens (tertiary/aromatic N) is 1. The van der Waals surface area contributed by atoms with Crippen molar-refractivity contribution >= 4 is 34.8 Å². The number of hydrogen-bond donors (Lipinski definition) is 2. The number of carbonyl (C=O) groups excluding carboxylic acids is 1. The normalized spacial score (nSPS) is 16.1. The Hall–Kier alpha value is -0.880. The Kier molecular flexibility index (Phi) is 5.60. The highest BCUT2D eigenvalue weighted by molar-refractivity contribution is 6.34. The van der Waals surface area contributed by atoms with E-state index in [9.17, 15) is 4.79 Å². The summed E-state index contributed by atoms with van der Waals surface area (Å²) in [4.78, 5) is 15.8. The molecule has 1 aromatic heterocycles. The number of carbonyl (C=O) groups is 1. The summed E-state index contributed by atoms with van der Waals surface area (Å²) < 4.78 is 5.58. The van der Waals surface area contributed by atoms with Crippen LogP contribution in [0.4, 0.5) is 5.69 Å². The van der Waals surface area contributed by atoms with Crippen LogP contribution in [0.3, 0.4) is 0 Å². The fraction of sp³-hybridized carbons (Fsp3) is 0.538. The molecule has 110 valence electrons. The van der Waals surface area contributed by atoms with Crippen molar-refractivity contribution in [3.05, 3.63) is 21.9 Å². The van der Waals surface area contributed by atoms with Gasteiger partial charge in [0.25, 0.3) is 0 Å². The van der Waals surface area contributed by atoms with Crippen molar-refractivity contribution in [1.29, 1.82) is 0 Å². The SMILES string of the molecule is Cc1cc(Cl)nc(Cl)c1NC(=O)COC1CCNCC1. The zero-order valence-corrected chi connectivity index (χ0v) is 12.7. The van der Waals surface area contributed by atoms with E-state index in [2.05, 4.69) is 15.6 Å². The summed E-state index contributed by atoms with van der Waals surface area (Å²) in [6, 6.07) is 1.65. The van der Waals surface area contributed by atoms with Crippen molar-refractivity contribution in [3.63, 3.8) is 0 Å². The highest BCUT2D eigenvalue weighted by Gasteiger charge is 2.16. The van der Waals surface area contributed by atoms with E-state index in [1.54, 1.807) is 6.07 Å². The molecule has 1 amide bonds. The van der Waals surface area contributed by atoms with Crippen molar-refractivity contribution in [2.45, 2.75) is 25.9 Å². The van der Waals surface area contributed by atoms with Crippen LogP contribution in [0.2, 0.25) is 10.3 Å². The maximum Gasteiger partial charge on any atom is 0.250 e. The van der Waals surface area contributed by atoms with Crippen molar-refractivity contribution in [2.24, 2.45) is 0 Å². The lowest BCUT2D eigenvalue weighted by Crippen LogP contribution is -2.34. The van der Waals surface area contributed by atoms with E-state index < -0.39 is 0 Å². The van der Waals surface area contributed by atoms with Crippen molar-refractivity contribution in [3.8, 4) is 0 Å². The number of hydrogen-bond acceptors (Lipinski definition) is 4. The molecule has 2 heterocycles. The zero-order chi connectivity index (χ0) is 14.5. The molecule has 0 aliphatic carbocycles. The van der Waals surface area contributed by atoms with Crippen LogP contribution in [0.25, 0.3) is 0 Å². The second-order valence-corrected chi connectivity index (χ2v) is 5.48. The Morgan fingerprint density at radius 2 is 2.20 bits per heavy atom. The molecule has 2 N–H and O–H groups in total. The minimum absolute atomic E-state index is 0.0169. The second-order valence-electron chi connectivity index (χ2n) is 4.74. The molecule has 0 atom stereocenters. The maximum atomic E-state index is 11.9. The molecule has 1 saturated heterocycles. The Bertz CT molecular complexity index is 467. The molecule has 1 aliphatic heterocycles. The number of ether oxygens (including phenoxy) is 1. The number of amides is 1. The van der Waals surface area contributed by atoms with Gasteiger partial charge in [0.1, 0.15) is 11.8 Å². The van der Waals surface area contributed by atoms with Crippen LogP contribution in [0.5, 0.6) is 0 Å². The summed E-state index contributed by atoms with van der Waals surface area (Å²) in [6.07, 6.45) is 1.99. The van der Waals surface area contributed by atoms with Gasteiger partial charge in [-0.25, -0.2) is 4.98 Å². The minimum atomic E-state index is -0.238. The van der Waals surface area contributed by atoms with Gasteiger partial charge in [0, 0.05) is 0 Å². The van der Waals surface area contributed by atoms with E-state index in [-0.39, 0.29) is 23.8 Å². The lowest BCUT2D eigenvalue weighted by atomic mass is 10.1. The average molecular weight is 318 g/mol. The van der Waals surface area contributed by atoms with Gasteiger partial charge in [0.2, 0.25) is 5.91 Å². The Morgan fingerprint density at radius 1 is 1.50 bits per heavy atom. The van der Waals surface area contributed by atoms with E-state index >= 15 is 0 Å². The molecule has 0 unspecified atom stereocenters. The van der Waals surface area contributed by atoms with E-state index in [1.165, 1.54) is 0 Å². The summed E-state index contributed by atoms with van der Waals surface area (Å²) in [7, 11) is 0. The van der Waals surface area contributed by atoms with E-state index in [4.69, 9.17) is 27.9 Å². The van der Waals surface area contributed by atoms with E-state index in [0.29, 0.717) is 10.8 Å². The predicted molar refractivity (Wildman–Crippen MR) is 79.5 cm³/mol. The Balaban J connectivity index is 1.88. The number of aryl methyl sites for hydroxylation is 1. The lowest BCUT2D eigenvalue weighted by molar-refractivity contribution is -0.123. The van der Waals surface area contributed by atoms with Gasteiger partial charge >= 0.3 is 0 Å². The number of anilines is 1.